The summed E-state index contributed by atoms with van der Waals surface area (Å²) >= 11 is 0. The predicted molar refractivity (Wildman–Crippen MR) is 67.4 cm³/mol. The molecule has 2 bridgehead atoms. The number of hydrogen-bond acceptors (Lipinski definition) is 2. The van der Waals surface area contributed by atoms with Gasteiger partial charge in [-0.1, -0.05) is 12.5 Å². The van der Waals surface area contributed by atoms with Crippen molar-refractivity contribution in [3.63, 3.8) is 0 Å². The number of piperidine rings is 1. The lowest BCUT2D eigenvalue weighted by Gasteiger charge is -2.42. The van der Waals surface area contributed by atoms with Crippen molar-refractivity contribution in [1.29, 1.82) is 0 Å². The SMILES string of the molecule is C=CCCCCC1(O)CC2CCC(C1)N2C. The highest BCUT2D eigenvalue weighted by atomic mass is 16.3. The normalized spacial score (nSPS) is 38.9. The van der Waals surface area contributed by atoms with Crippen LogP contribution in [0.2, 0.25) is 0 Å². The van der Waals surface area contributed by atoms with Crippen LogP contribution >= 0.6 is 0 Å². The highest BCUT2D eigenvalue weighted by Gasteiger charge is 2.45. The zero-order valence-electron chi connectivity index (χ0n) is 10.5. The molecule has 2 atom stereocenters. The monoisotopic (exact) mass is 223 g/mol. The fourth-order valence-electron chi connectivity index (χ4n) is 3.49. The summed E-state index contributed by atoms with van der Waals surface area (Å²) in [6.07, 6.45) is 10.9. The Kier molecular flexibility index (Phi) is 3.70. The molecular weight excluding hydrogens is 198 g/mol. The number of hydrogen-bond donors (Lipinski definition) is 1. The zero-order valence-corrected chi connectivity index (χ0v) is 10.5. The van der Waals surface area contributed by atoms with Gasteiger partial charge in [0.2, 0.25) is 0 Å². The van der Waals surface area contributed by atoms with Gasteiger partial charge in [-0.25, -0.2) is 0 Å². The Hall–Kier alpha value is -0.340. The van der Waals surface area contributed by atoms with Gasteiger partial charge < -0.3 is 10.0 Å². The van der Waals surface area contributed by atoms with Crippen molar-refractivity contribution in [3.05, 3.63) is 12.7 Å². The predicted octanol–water partition coefficient (Wildman–Crippen LogP) is 2.72. The van der Waals surface area contributed by atoms with E-state index in [4.69, 9.17) is 0 Å². The summed E-state index contributed by atoms with van der Waals surface area (Å²) in [6.45, 7) is 3.74. The van der Waals surface area contributed by atoms with Crippen LogP contribution in [-0.4, -0.2) is 34.7 Å². The zero-order chi connectivity index (χ0) is 11.6. The van der Waals surface area contributed by atoms with Gasteiger partial charge in [0.15, 0.2) is 0 Å². The third kappa shape index (κ3) is 2.49. The van der Waals surface area contributed by atoms with Crippen molar-refractivity contribution in [3.8, 4) is 0 Å². The van der Waals surface area contributed by atoms with Gasteiger partial charge >= 0.3 is 0 Å². The van der Waals surface area contributed by atoms with Gasteiger partial charge in [0.1, 0.15) is 0 Å². The topological polar surface area (TPSA) is 23.5 Å². The molecule has 2 fully saturated rings. The lowest BCUT2D eigenvalue weighted by molar-refractivity contribution is -0.0513. The fourth-order valence-corrected chi connectivity index (χ4v) is 3.49. The van der Waals surface area contributed by atoms with E-state index in [1.54, 1.807) is 0 Å². The average Bonchev–Trinajstić information content (AvgIpc) is 2.51. The van der Waals surface area contributed by atoms with Crippen molar-refractivity contribution in [2.45, 2.75) is 69.1 Å². The van der Waals surface area contributed by atoms with Crippen LogP contribution in [0.25, 0.3) is 0 Å². The van der Waals surface area contributed by atoms with Gasteiger partial charge in [-0.2, -0.15) is 0 Å². The van der Waals surface area contributed by atoms with E-state index < -0.39 is 0 Å². The Balaban J connectivity index is 1.82. The highest BCUT2D eigenvalue weighted by molar-refractivity contribution is 5.00. The summed E-state index contributed by atoms with van der Waals surface area (Å²) in [4.78, 5) is 2.48. The maximum absolute atomic E-state index is 10.6. The molecular formula is C14H25NO. The molecule has 2 aliphatic rings. The number of aliphatic hydroxyl groups is 1. The maximum atomic E-state index is 10.6. The molecule has 2 saturated heterocycles. The molecule has 0 aromatic carbocycles. The maximum Gasteiger partial charge on any atom is 0.0677 e. The van der Waals surface area contributed by atoms with Gasteiger partial charge in [0.05, 0.1) is 5.60 Å². The average molecular weight is 223 g/mol. The van der Waals surface area contributed by atoms with E-state index in [9.17, 15) is 5.11 Å². The smallest absolute Gasteiger partial charge is 0.0677 e. The van der Waals surface area contributed by atoms with Crippen LogP contribution in [0.3, 0.4) is 0 Å². The summed E-state index contributed by atoms with van der Waals surface area (Å²) in [5.74, 6) is 0. The van der Waals surface area contributed by atoms with E-state index in [-0.39, 0.29) is 5.60 Å². The minimum atomic E-state index is -0.362. The lowest BCUT2D eigenvalue weighted by Crippen LogP contribution is -2.49. The molecule has 0 radical (unpaired) electrons. The summed E-state index contributed by atoms with van der Waals surface area (Å²) in [7, 11) is 2.22. The molecule has 16 heavy (non-hydrogen) atoms. The second-order valence-corrected chi connectivity index (χ2v) is 5.72. The number of unbranched alkanes of at least 4 members (excludes halogenated alkanes) is 2. The van der Waals surface area contributed by atoms with Crippen molar-refractivity contribution in [1.82, 2.24) is 4.90 Å². The van der Waals surface area contributed by atoms with Crippen LogP contribution in [0.1, 0.15) is 51.4 Å². The first-order valence-electron chi connectivity index (χ1n) is 6.70. The Morgan fingerprint density at radius 1 is 1.31 bits per heavy atom. The summed E-state index contributed by atoms with van der Waals surface area (Å²) in [5.41, 5.74) is -0.362. The van der Waals surface area contributed by atoms with Crippen molar-refractivity contribution in [2.24, 2.45) is 0 Å². The molecule has 0 aromatic heterocycles. The Labute approximate surface area is 99.3 Å². The van der Waals surface area contributed by atoms with Gasteiger partial charge in [0.25, 0.3) is 0 Å². The van der Waals surface area contributed by atoms with E-state index in [2.05, 4.69) is 18.5 Å². The van der Waals surface area contributed by atoms with Crippen LogP contribution in [0, 0.1) is 0 Å². The number of rotatable bonds is 5. The van der Waals surface area contributed by atoms with E-state index in [0.29, 0.717) is 12.1 Å². The van der Waals surface area contributed by atoms with Crippen LogP contribution in [-0.2, 0) is 0 Å². The van der Waals surface area contributed by atoms with E-state index in [0.717, 1.165) is 32.1 Å². The highest BCUT2D eigenvalue weighted by Crippen LogP contribution is 2.41. The number of fused-ring (bicyclic) bond motifs is 2. The lowest BCUT2D eigenvalue weighted by atomic mass is 9.82. The molecule has 2 aliphatic heterocycles. The van der Waals surface area contributed by atoms with Crippen molar-refractivity contribution >= 4 is 0 Å². The van der Waals surface area contributed by atoms with Crippen LogP contribution < -0.4 is 0 Å². The molecule has 0 aliphatic carbocycles. The molecule has 92 valence electrons. The Morgan fingerprint density at radius 2 is 1.94 bits per heavy atom. The molecule has 2 nitrogen and oxygen atoms in total. The number of allylic oxidation sites excluding steroid dienone is 1. The van der Waals surface area contributed by atoms with E-state index in [1.165, 1.54) is 19.3 Å². The molecule has 2 unspecified atom stereocenters. The first-order chi connectivity index (χ1) is 7.64. The number of nitrogens with zero attached hydrogens (tertiary/aromatic N) is 1. The molecule has 1 N–H and O–H groups in total. The molecule has 2 heteroatoms. The van der Waals surface area contributed by atoms with Crippen LogP contribution in [0.5, 0.6) is 0 Å². The Morgan fingerprint density at radius 3 is 2.50 bits per heavy atom. The summed E-state index contributed by atoms with van der Waals surface area (Å²) in [6, 6.07) is 1.28. The molecule has 0 amide bonds. The minimum absolute atomic E-state index is 0.362. The van der Waals surface area contributed by atoms with E-state index in [1.807, 2.05) is 6.08 Å². The molecule has 2 rings (SSSR count). The first-order valence-corrected chi connectivity index (χ1v) is 6.70. The molecule has 0 aromatic rings. The molecule has 0 spiro atoms. The van der Waals surface area contributed by atoms with Crippen LogP contribution in [0.4, 0.5) is 0 Å². The van der Waals surface area contributed by atoms with Crippen molar-refractivity contribution in [2.75, 3.05) is 7.05 Å². The largest absolute Gasteiger partial charge is 0.390 e. The summed E-state index contributed by atoms with van der Waals surface area (Å²) < 4.78 is 0. The van der Waals surface area contributed by atoms with Gasteiger partial charge in [-0.15, -0.1) is 6.58 Å². The van der Waals surface area contributed by atoms with Gasteiger partial charge in [-0.05, 0) is 52.0 Å². The second kappa shape index (κ2) is 4.89. The standard InChI is InChI=1S/C14H25NO/c1-3-4-5-6-9-14(16)10-12-7-8-13(11-14)15(12)2/h3,12-13,16H,1,4-11H2,2H3. The van der Waals surface area contributed by atoms with Crippen LogP contribution in [0.15, 0.2) is 12.7 Å². The quantitative estimate of drug-likeness (QED) is 0.572. The fraction of sp³-hybridized carbons (Fsp3) is 0.857. The summed E-state index contributed by atoms with van der Waals surface area (Å²) in [5, 5.41) is 10.6. The molecule has 0 saturated carbocycles. The first kappa shape index (κ1) is 12.1. The third-order valence-corrected chi connectivity index (χ3v) is 4.52. The second-order valence-electron chi connectivity index (χ2n) is 5.72. The molecule has 2 heterocycles. The van der Waals surface area contributed by atoms with E-state index >= 15 is 0 Å². The third-order valence-electron chi connectivity index (χ3n) is 4.52. The van der Waals surface area contributed by atoms with Gasteiger partial charge in [0, 0.05) is 12.1 Å². The minimum Gasteiger partial charge on any atom is -0.390 e. The van der Waals surface area contributed by atoms with Gasteiger partial charge in [-0.3, -0.25) is 0 Å². The van der Waals surface area contributed by atoms with Crippen molar-refractivity contribution < 1.29 is 5.11 Å². The Bertz CT molecular complexity index is 237.